The fourth-order valence-electron chi connectivity index (χ4n) is 1.98. The zero-order chi connectivity index (χ0) is 15.0. The van der Waals surface area contributed by atoms with Crippen LogP contribution in [0.3, 0.4) is 0 Å². The largest absolute Gasteiger partial charge is 0.458 e. The highest BCUT2D eigenvalue weighted by molar-refractivity contribution is 5.70. The van der Waals surface area contributed by atoms with Crippen LogP contribution < -0.4 is 0 Å². The summed E-state index contributed by atoms with van der Waals surface area (Å²) in [5, 5.41) is 0. The average Bonchev–Trinajstić information content (AvgIpc) is 2.41. The number of carbonyl (C=O) groups excluding carboxylic acids is 2. The first-order valence-corrected chi connectivity index (χ1v) is 7.14. The molecule has 0 aromatic carbocycles. The van der Waals surface area contributed by atoms with Crippen molar-refractivity contribution in [2.45, 2.75) is 64.4 Å². The Bertz CT molecular complexity index is 317. The maximum atomic E-state index is 11.6. The van der Waals surface area contributed by atoms with Gasteiger partial charge in [0.15, 0.2) is 12.4 Å². The fraction of sp³-hybridized carbons (Fsp3) is 0.857. The van der Waals surface area contributed by atoms with Gasteiger partial charge in [-0.05, 0) is 12.8 Å². The highest BCUT2D eigenvalue weighted by Gasteiger charge is 2.36. The lowest BCUT2D eigenvalue weighted by atomic mass is 10.1. The number of hydrogen-bond acceptors (Lipinski definition) is 6. The van der Waals surface area contributed by atoms with E-state index in [0.717, 1.165) is 6.42 Å². The topological polar surface area (TPSA) is 71.1 Å². The van der Waals surface area contributed by atoms with Crippen molar-refractivity contribution in [1.82, 2.24) is 0 Å². The first-order valence-electron chi connectivity index (χ1n) is 7.14. The molecule has 0 aliphatic carbocycles. The Hall–Kier alpha value is -1.14. The van der Waals surface area contributed by atoms with E-state index in [1.807, 2.05) is 13.8 Å². The van der Waals surface area contributed by atoms with Gasteiger partial charge in [-0.25, -0.2) is 0 Å². The lowest BCUT2D eigenvalue weighted by Crippen LogP contribution is -2.46. The Balaban J connectivity index is 2.59. The Kier molecular flexibility index (Phi) is 7.54. The predicted octanol–water partition coefficient (Wildman–Crippen LogP) is 1.80. The number of esters is 2. The average molecular weight is 288 g/mol. The Labute approximate surface area is 119 Å². The molecule has 1 aliphatic heterocycles. The Morgan fingerprint density at radius 1 is 1.05 bits per heavy atom. The summed E-state index contributed by atoms with van der Waals surface area (Å²) in [5.74, 6) is -0.584. The van der Waals surface area contributed by atoms with Crippen LogP contribution in [0.1, 0.15) is 46.0 Å². The van der Waals surface area contributed by atoms with Gasteiger partial charge in [0.25, 0.3) is 0 Å². The molecule has 0 N–H and O–H groups in total. The number of methoxy groups -OCH3 is 1. The van der Waals surface area contributed by atoms with Crippen molar-refractivity contribution in [3.05, 3.63) is 0 Å². The van der Waals surface area contributed by atoms with Gasteiger partial charge in [0.1, 0.15) is 6.10 Å². The van der Waals surface area contributed by atoms with Crippen LogP contribution in [0.5, 0.6) is 0 Å². The van der Waals surface area contributed by atoms with E-state index in [-0.39, 0.29) is 18.5 Å². The third-order valence-electron chi connectivity index (χ3n) is 3.02. The molecule has 1 aliphatic rings. The van der Waals surface area contributed by atoms with E-state index in [0.29, 0.717) is 25.7 Å². The van der Waals surface area contributed by atoms with Crippen LogP contribution in [-0.2, 0) is 28.5 Å². The molecule has 0 aromatic heterocycles. The van der Waals surface area contributed by atoms with Crippen molar-refractivity contribution in [3.8, 4) is 0 Å². The van der Waals surface area contributed by atoms with Crippen LogP contribution in [0.25, 0.3) is 0 Å². The summed E-state index contributed by atoms with van der Waals surface area (Å²) in [5.41, 5.74) is 0. The van der Waals surface area contributed by atoms with Crippen molar-refractivity contribution in [2.75, 3.05) is 13.7 Å². The molecule has 0 amide bonds. The quantitative estimate of drug-likeness (QED) is 0.665. The number of hydrogen-bond donors (Lipinski definition) is 0. The second kappa shape index (κ2) is 8.92. The van der Waals surface area contributed by atoms with Gasteiger partial charge >= 0.3 is 11.9 Å². The van der Waals surface area contributed by atoms with Crippen LogP contribution in [-0.4, -0.2) is 44.2 Å². The molecule has 3 atom stereocenters. The second-order valence-electron chi connectivity index (χ2n) is 4.79. The summed E-state index contributed by atoms with van der Waals surface area (Å²) in [7, 11) is 1.53. The third-order valence-corrected chi connectivity index (χ3v) is 3.02. The van der Waals surface area contributed by atoms with Crippen molar-refractivity contribution in [3.63, 3.8) is 0 Å². The maximum absolute atomic E-state index is 11.6. The minimum Gasteiger partial charge on any atom is -0.458 e. The first-order chi connectivity index (χ1) is 9.60. The standard InChI is InChI=1S/C14H24O6/c1-4-6-12(15)19-10-8-14(17-3)18-9-11(10)20-13(16)7-5-2/h10-11,14H,4-9H2,1-3H3. The monoisotopic (exact) mass is 288 g/mol. The summed E-state index contributed by atoms with van der Waals surface area (Å²) >= 11 is 0. The molecular weight excluding hydrogens is 264 g/mol. The summed E-state index contributed by atoms with van der Waals surface area (Å²) in [6.07, 6.45) is 1.01. The number of carbonyl (C=O) groups is 2. The van der Waals surface area contributed by atoms with Crippen LogP contribution in [0.2, 0.25) is 0 Å². The fourth-order valence-corrected chi connectivity index (χ4v) is 1.98. The molecule has 1 heterocycles. The van der Waals surface area contributed by atoms with Crippen molar-refractivity contribution >= 4 is 11.9 Å². The molecule has 0 radical (unpaired) electrons. The van der Waals surface area contributed by atoms with E-state index in [4.69, 9.17) is 18.9 Å². The van der Waals surface area contributed by atoms with Gasteiger partial charge in [0.05, 0.1) is 6.61 Å². The van der Waals surface area contributed by atoms with E-state index in [1.54, 1.807) is 0 Å². The molecule has 1 fully saturated rings. The van der Waals surface area contributed by atoms with E-state index in [9.17, 15) is 9.59 Å². The Morgan fingerprint density at radius 3 is 2.10 bits per heavy atom. The van der Waals surface area contributed by atoms with Crippen molar-refractivity contribution in [2.24, 2.45) is 0 Å². The Morgan fingerprint density at radius 2 is 1.60 bits per heavy atom. The van der Waals surface area contributed by atoms with Gasteiger partial charge in [-0.2, -0.15) is 0 Å². The van der Waals surface area contributed by atoms with Crippen molar-refractivity contribution < 1.29 is 28.5 Å². The summed E-state index contributed by atoms with van der Waals surface area (Å²) < 4.78 is 21.2. The number of ether oxygens (including phenoxy) is 4. The highest BCUT2D eigenvalue weighted by Crippen LogP contribution is 2.21. The number of rotatable bonds is 7. The molecule has 116 valence electrons. The van der Waals surface area contributed by atoms with Gasteiger partial charge in [0, 0.05) is 26.4 Å². The smallest absolute Gasteiger partial charge is 0.306 e. The molecule has 1 rings (SSSR count). The van der Waals surface area contributed by atoms with Gasteiger partial charge in [-0.1, -0.05) is 13.8 Å². The molecule has 0 saturated carbocycles. The van der Waals surface area contributed by atoms with Crippen LogP contribution in [0.15, 0.2) is 0 Å². The van der Waals surface area contributed by atoms with Gasteiger partial charge in [0.2, 0.25) is 0 Å². The normalized spacial score (nSPS) is 26.1. The lowest BCUT2D eigenvalue weighted by molar-refractivity contribution is -0.225. The van der Waals surface area contributed by atoms with Crippen LogP contribution >= 0.6 is 0 Å². The first kappa shape index (κ1) is 16.9. The van der Waals surface area contributed by atoms with Gasteiger partial charge < -0.3 is 18.9 Å². The van der Waals surface area contributed by atoms with Crippen LogP contribution in [0.4, 0.5) is 0 Å². The van der Waals surface area contributed by atoms with Crippen molar-refractivity contribution in [1.29, 1.82) is 0 Å². The summed E-state index contributed by atoms with van der Waals surface area (Å²) in [6, 6.07) is 0. The van der Waals surface area contributed by atoms with Crippen LogP contribution in [0, 0.1) is 0 Å². The minimum atomic E-state index is -0.554. The molecule has 1 saturated heterocycles. The molecule has 0 bridgehead atoms. The van der Waals surface area contributed by atoms with Gasteiger partial charge in [-0.15, -0.1) is 0 Å². The molecule has 3 unspecified atom stereocenters. The zero-order valence-electron chi connectivity index (χ0n) is 12.4. The third kappa shape index (κ3) is 5.46. The zero-order valence-corrected chi connectivity index (χ0v) is 12.4. The predicted molar refractivity (Wildman–Crippen MR) is 70.9 cm³/mol. The molecular formula is C14H24O6. The van der Waals surface area contributed by atoms with E-state index in [2.05, 4.69) is 0 Å². The van der Waals surface area contributed by atoms with Gasteiger partial charge in [-0.3, -0.25) is 9.59 Å². The highest BCUT2D eigenvalue weighted by atomic mass is 16.7. The van der Waals surface area contributed by atoms with E-state index < -0.39 is 18.5 Å². The molecule has 0 spiro atoms. The minimum absolute atomic E-state index is 0.179. The summed E-state index contributed by atoms with van der Waals surface area (Å²) in [4.78, 5) is 23.2. The SMILES string of the molecule is CCCC(=O)OC1COC(OC)CC1OC(=O)CCC. The maximum Gasteiger partial charge on any atom is 0.306 e. The van der Waals surface area contributed by atoms with E-state index in [1.165, 1.54) is 7.11 Å². The molecule has 0 aromatic rings. The molecule has 6 nitrogen and oxygen atoms in total. The lowest BCUT2D eigenvalue weighted by Gasteiger charge is -2.34. The van der Waals surface area contributed by atoms with E-state index >= 15 is 0 Å². The molecule has 6 heteroatoms. The summed E-state index contributed by atoms with van der Waals surface area (Å²) in [6.45, 7) is 3.98. The molecule has 20 heavy (non-hydrogen) atoms. The second-order valence-corrected chi connectivity index (χ2v) is 4.79.